The van der Waals surface area contributed by atoms with E-state index >= 15 is 0 Å². The number of aliphatic hydroxyl groups excluding tert-OH is 1. The SMILES string of the molecule is COC1(CC(=O)NC(CO)c2ccccc2)CCC1. The summed E-state index contributed by atoms with van der Waals surface area (Å²) in [5, 5.41) is 12.3. The molecule has 0 spiro atoms. The van der Waals surface area contributed by atoms with Gasteiger partial charge < -0.3 is 15.2 Å². The highest BCUT2D eigenvalue weighted by molar-refractivity contribution is 5.77. The van der Waals surface area contributed by atoms with E-state index in [1.54, 1.807) is 7.11 Å². The van der Waals surface area contributed by atoms with Gasteiger partial charge in [0.1, 0.15) is 0 Å². The number of ether oxygens (including phenoxy) is 1. The first kappa shape index (κ1) is 14.0. The number of methoxy groups -OCH3 is 1. The minimum Gasteiger partial charge on any atom is -0.394 e. The largest absolute Gasteiger partial charge is 0.394 e. The molecule has 104 valence electrons. The van der Waals surface area contributed by atoms with E-state index in [1.165, 1.54) is 0 Å². The predicted molar refractivity (Wildman–Crippen MR) is 72.6 cm³/mol. The zero-order valence-corrected chi connectivity index (χ0v) is 11.3. The Morgan fingerprint density at radius 3 is 2.58 bits per heavy atom. The molecule has 1 aliphatic rings. The Hall–Kier alpha value is -1.39. The van der Waals surface area contributed by atoms with Crippen LogP contribution >= 0.6 is 0 Å². The third-order valence-electron chi connectivity index (χ3n) is 3.90. The second-order valence-corrected chi connectivity index (χ2v) is 5.13. The number of hydrogen-bond acceptors (Lipinski definition) is 3. The average Bonchev–Trinajstić information content (AvgIpc) is 2.41. The maximum atomic E-state index is 12.1. The number of carbonyl (C=O) groups is 1. The molecule has 0 bridgehead atoms. The summed E-state index contributed by atoms with van der Waals surface area (Å²) >= 11 is 0. The maximum absolute atomic E-state index is 12.1. The van der Waals surface area contributed by atoms with Gasteiger partial charge in [0.2, 0.25) is 5.91 Å². The van der Waals surface area contributed by atoms with Gasteiger partial charge >= 0.3 is 0 Å². The van der Waals surface area contributed by atoms with Crippen LogP contribution in [0.15, 0.2) is 30.3 Å². The van der Waals surface area contributed by atoms with Crippen molar-refractivity contribution in [3.8, 4) is 0 Å². The molecule has 1 aromatic rings. The number of aliphatic hydroxyl groups is 1. The zero-order chi connectivity index (χ0) is 13.7. The van der Waals surface area contributed by atoms with Crippen LogP contribution in [0.2, 0.25) is 0 Å². The van der Waals surface area contributed by atoms with E-state index in [4.69, 9.17) is 4.74 Å². The molecule has 4 nitrogen and oxygen atoms in total. The van der Waals surface area contributed by atoms with Crippen LogP contribution in [-0.4, -0.2) is 30.3 Å². The van der Waals surface area contributed by atoms with Crippen molar-refractivity contribution in [1.29, 1.82) is 0 Å². The van der Waals surface area contributed by atoms with Crippen molar-refractivity contribution in [3.05, 3.63) is 35.9 Å². The Balaban J connectivity index is 1.93. The van der Waals surface area contributed by atoms with Gasteiger partial charge in [0.25, 0.3) is 0 Å². The van der Waals surface area contributed by atoms with Gasteiger partial charge in [0, 0.05) is 7.11 Å². The quantitative estimate of drug-likeness (QED) is 0.822. The molecule has 0 radical (unpaired) electrons. The van der Waals surface area contributed by atoms with Crippen molar-refractivity contribution in [2.24, 2.45) is 0 Å². The number of carbonyl (C=O) groups excluding carboxylic acids is 1. The van der Waals surface area contributed by atoms with Crippen molar-refractivity contribution in [2.45, 2.75) is 37.3 Å². The summed E-state index contributed by atoms with van der Waals surface area (Å²) in [6.45, 7) is -0.101. The second kappa shape index (κ2) is 6.17. The first-order valence-electron chi connectivity index (χ1n) is 6.69. The van der Waals surface area contributed by atoms with Crippen molar-refractivity contribution < 1.29 is 14.6 Å². The number of hydrogen-bond donors (Lipinski definition) is 2. The molecule has 1 aliphatic carbocycles. The van der Waals surface area contributed by atoms with E-state index in [0.717, 1.165) is 24.8 Å². The Morgan fingerprint density at radius 1 is 1.42 bits per heavy atom. The number of amides is 1. The smallest absolute Gasteiger partial charge is 0.223 e. The Morgan fingerprint density at radius 2 is 2.11 bits per heavy atom. The highest BCUT2D eigenvalue weighted by Crippen LogP contribution is 2.38. The summed E-state index contributed by atoms with van der Waals surface area (Å²) < 4.78 is 5.44. The normalized spacial score (nSPS) is 18.4. The third-order valence-corrected chi connectivity index (χ3v) is 3.90. The lowest BCUT2D eigenvalue weighted by molar-refractivity contribution is -0.135. The molecule has 1 atom stereocenters. The fourth-order valence-electron chi connectivity index (χ4n) is 2.48. The zero-order valence-electron chi connectivity index (χ0n) is 11.3. The number of rotatable bonds is 6. The summed E-state index contributed by atoms with van der Waals surface area (Å²) in [6, 6.07) is 9.16. The van der Waals surface area contributed by atoms with Crippen LogP contribution in [0.3, 0.4) is 0 Å². The van der Waals surface area contributed by atoms with Gasteiger partial charge in [0.15, 0.2) is 0 Å². The van der Waals surface area contributed by atoms with Crippen LogP contribution in [0, 0.1) is 0 Å². The summed E-state index contributed by atoms with van der Waals surface area (Å²) in [4.78, 5) is 12.1. The summed E-state index contributed by atoms with van der Waals surface area (Å²) in [5.41, 5.74) is 0.638. The first-order valence-corrected chi connectivity index (χ1v) is 6.69. The molecular formula is C15H21NO3. The van der Waals surface area contributed by atoms with Crippen molar-refractivity contribution >= 4 is 5.91 Å². The van der Waals surface area contributed by atoms with Crippen LogP contribution in [0.25, 0.3) is 0 Å². The van der Waals surface area contributed by atoms with E-state index in [0.29, 0.717) is 6.42 Å². The summed E-state index contributed by atoms with van der Waals surface area (Å²) in [6.07, 6.45) is 3.36. The molecule has 2 N–H and O–H groups in total. The molecule has 1 aromatic carbocycles. The van der Waals surface area contributed by atoms with Gasteiger partial charge in [-0.25, -0.2) is 0 Å². The highest BCUT2D eigenvalue weighted by Gasteiger charge is 2.39. The van der Waals surface area contributed by atoms with Crippen molar-refractivity contribution in [1.82, 2.24) is 5.32 Å². The molecule has 19 heavy (non-hydrogen) atoms. The molecule has 0 saturated heterocycles. The molecule has 2 rings (SSSR count). The van der Waals surface area contributed by atoms with Gasteiger partial charge in [-0.05, 0) is 24.8 Å². The van der Waals surface area contributed by atoms with E-state index in [-0.39, 0.29) is 24.2 Å². The maximum Gasteiger partial charge on any atom is 0.223 e. The molecule has 1 saturated carbocycles. The summed E-state index contributed by atoms with van der Waals surface area (Å²) in [5.74, 6) is -0.0653. The molecule has 0 aromatic heterocycles. The van der Waals surface area contributed by atoms with Crippen LogP contribution < -0.4 is 5.32 Å². The minimum atomic E-state index is -0.345. The molecule has 0 heterocycles. The first-order chi connectivity index (χ1) is 9.19. The van der Waals surface area contributed by atoms with E-state index < -0.39 is 0 Å². The Kier molecular flexibility index (Phi) is 4.56. The minimum absolute atomic E-state index is 0.0653. The number of benzene rings is 1. The lowest BCUT2D eigenvalue weighted by Gasteiger charge is -2.40. The van der Waals surface area contributed by atoms with Crippen LogP contribution in [0.1, 0.15) is 37.3 Å². The second-order valence-electron chi connectivity index (χ2n) is 5.13. The summed E-state index contributed by atoms with van der Waals surface area (Å²) in [7, 11) is 1.66. The fraction of sp³-hybridized carbons (Fsp3) is 0.533. The predicted octanol–water partition coefficient (Wildman–Crippen LogP) is 1.80. The van der Waals surface area contributed by atoms with Crippen LogP contribution in [0.4, 0.5) is 0 Å². The van der Waals surface area contributed by atoms with E-state index in [9.17, 15) is 9.90 Å². The molecule has 1 fully saturated rings. The average molecular weight is 263 g/mol. The third kappa shape index (κ3) is 3.33. The Labute approximate surface area is 113 Å². The molecular weight excluding hydrogens is 242 g/mol. The van der Waals surface area contributed by atoms with Crippen LogP contribution in [0.5, 0.6) is 0 Å². The van der Waals surface area contributed by atoms with Crippen molar-refractivity contribution in [3.63, 3.8) is 0 Å². The molecule has 4 heteroatoms. The van der Waals surface area contributed by atoms with E-state index in [2.05, 4.69) is 5.32 Å². The van der Waals surface area contributed by atoms with Gasteiger partial charge in [-0.3, -0.25) is 4.79 Å². The van der Waals surface area contributed by atoms with Gasteiger partial charge in [-0.15, -0.1) is 0 Å². The standard InChI is InChI=1S/C15H21NO3/c1-19-15(8-5-9-15)10-14(18)16-13(11-17)12-6-3-2-4-7-12/h2-4,6-7,13,17H,5,8-11H2,1H3,(H,16,18). The topological polar surface area (TPSA) is 58.6 Å². The van der Waals surface area contributed by atoms with Gasteiger partial charge in [-0.1, -0.05) is 30.3 Å². The van der Waals surface area contributed by atoms with Crippen molar-refractivity contribution in [2.75, 3.05) is 13.7 Å². The highest BCUT2D eigenvalue weighted by atomic mass is 16.5. The molecule has 1 unspecified atom stereocenters. The Bertz CT molecular complexity index is 409. The molecule has 0 aliphatic heterocycles. The van der Waals surface area contributed by atoms with Gasteiger partial charge in [0.05, 0.1) is 24.7 Å². The lowest BCUT2D eigenvalue weighted by atomic mass is 9.77. The fourth-order valence-corrected chi connectivity index (χ4v) is 2.48. The monoisotopic (exact) mass is 263 g/mol. The van der Waals surface area contributed by atoms with Crippen LogP contribution in [-0.2, 0) is 9.53 Å². The molecule has 1 amide bonds. The van der Waals surface area contributed by atoms with Gasteiger partial charge in [-0.2, -0.15) is 0 Å². The lowest BCUT2D eigenvalue weighted by Crippen LogP contribution is -2.44. The number of nitrogens with one attached hydrogen (secondary N) is 1. The van der Waals surface area contributed by atoms with E-state index in [1.807, 2.05) is 30.3 Å².